The highest BCUT2D eigenvalue weighted by Gasteiger charge is 2.26. The molecule has 0 fully saturated rings. The summed E-state index contributed by atoms with van der Waals surface area (Å²) >= 11 is 0. The van der Waals surface area contributed by atoms with Gasteiger partial charge in [0.1, 0.15) is 11.5 Å². The van der Waals surface area contributed by atoms with E-state index in [9.17, 15) is 32.6 Å². The third-order valence-corrected chi connectivity index (χ3v) is 8.66. The molecule has 3 aromatic carbocycles. The van der Waals surface area contributed by atoms with Crippen molar-refractivity contribution in [3.05, 3.63) is 113 Å². The molecule has 46 heavy (non-hydrogen) atoms. The van der Waals surface area contributed by atoms with Gasteiger partial charge in [-0.3, -0.25) is 13.9 Å². The molecular weight excluding hydrogens is 615 g/mol. The summed E-state index contributed by atoms with van der Waals surface area (Å²) in [7, 11) is -2.46. The molecule has 0 bridgehead atoms. The Hall–Kier alpha value is -4.66. The van der Waals surface area contributed by atoms with Crippen LogP contribution in [0.2, 0.25) is 0 Å². The van der Waals surface area contributed by atoms with Crippen molar-refractivity contribution in [2.75, 3.05) is 17.6 Å². The van der Waals surface area contributed by atoms with Gasteiger partial charge in [-0.05, 0) is 61.7 Å². The Kier molecular flexibility index (Phi) is 10.9. The molecule has 0 saturated heterocycles. The SMILES string of the molecule is C[C@@H](O)c1cn(C[C@H](O)[C@H](Cc2ccccc2)NC(=O)c2cc(C(=O)N[C@H](C)c3ccc(F)cc3)cc(N(C)S(C)(=O)=O)c2)nn1. The minimum Gasteiger partial charge on any atom is -0.389 e. The number of carbonyl (C=O) groups is 2. The van der Waals surface area contributed by atoms with Crippen molar-refractivity contribution in [2.24, 2.45) is 0 Å². The predicted octanol–water partition coefficient (Wildman–Crippen LogP) is 2.76. The topological polar surface area (TPSA) is 167 Å². The van der Waals surface area contributed by atoms with E-state index >= 15 is 0 Å². The maximum absolute atomic E-state index is 13.7. The Morgan fingerprint density at radius 1 is 0.957 bits per heavy atom. The molecule has 1 aromatic heterocycles. The Morgan fingerprint density at radius 3 is 2.13 bits per heavy atom. The summed E-state index contributed by atoms with van der Waals surface area (Å²) in [4.78, 5) is 27.1. The van der Waals surface area contributed by atoms with Gasteiger partial charge in [-0.25, -0.2) is 17.5 Å². The number of anilines is 1. The van der Waals surface area contributed by atoms with E-state index in [0.717, 1.165) is 16.1 Å². The first-order valence-corrected chi connectivity index (χ1v) is 16.3. The second-order valence-corrected chi connectivity index (χ2v) is 13.1. The molecule has 0 radical (unpaired) electrons. The number of aliphatic hydroxyl groups excluding tert-OH is 2. The van der Waals surface area contributed by atoms with Crippen molar-refractivity contribution in [1.82, 2.24) is 25.6 Å². The van der Waals surface area contributed by atoms with Gasteiger partial charge in [0.2, 0.25) is 10.0 Å². The summed E-state index contributed by atoms with van der Waals surface area (Å²) < 4.78 is 40.5. The Balaban J connectivity index is 1.64. The van der Waals surface area contributed by atoms with Crippen molar-refractivity contribution in [1.29, 1.82) is 0 Å². The molecule has 244 valence electrons. The number of rotatable bonds is 13. The fourth-order valence-electron chi connectivity index (χ4n) is 4.68. The van der Waals surface area contributed by atoms with Crippen molar-refractivity contribution in [2.45, 2.75) is 51.1 Å². The maximum Gasteiger partial charge on any atom is 0.251 e. The Morgan fingerprint density at radius 2 is 1.57 bits per heavy atom. The van der Waals surface area contributed by atoms with Gasteiger partial charge in [0.05, 0.1) is 49.0 Å². The summed E-state index contributed by atoms with van der Waals surface area (Å²) in [5, 5.41) is 34.5. The van der Waals surface area contributed by atoms with Crippen LogP contribution in [0.5, 0.6) is 0 Å². The van der Waals surface area contributed by atoms with Crippen LogP contribution < -0.4 is 14.9 Å². The standard InChI is InChI=1S/C32H37FN6O6S/c1-20(23-10-12-26(33)13-11-23)34-31(42)24-15-25(17-27(16-24)38(3)46(4,44)45)32(43)35-28(14-22-8-6-5-7-9-22)30(41)19-39-18-29(21(2)40)36-37-39/h5-13,15-18,20-21,28,30,40-41H,14,19H2,1-4H3,(H,34,42)(H,35,43)/t20-,21-,28+,30+/m1/s1. The molecule has 4 aromatic rings. The van der Waals surface area contributed by atoms with E-state index in [4.69, 9.17) is 0 Å². The zero-order valence-corrected chi connectivity index (χ0v) is 26.6. The lowest BCUT2D eigenvalue weighted by Gasteiger charge is -2.25. The van der Waals surface area contributed by atoms with Gasteiger partial charge in [-0.1, -0.05) is 47.7 Å². The number of hydrogen-bond donors (Lipinski definition) is 4. The van der Waals surface area contributed by atoms with Crippen LogP contribution in [0.3, 0.4) is 0 Å². The van der Waals surface area contributed by atoms with Crippen LogP contribution in [0.4, 0.5) is 10.1 Å². The molecule has 0 aliphatic rings. The normalized spacial score (nSPS) is 14.2. The van der Waals surface area contributed by atoms with Gasteiger partial charge < -0.3 is 20.8 Å². The number of aromatic nitrogens is 3. The second kappa shape index (κ2) is 14.6. The first-order valence-electron chi connectivity index (χ1n) is 14.5. The molecule has 4 N–H and O–H groups in total. The van der Waals surface area contributed by atoms with Gasteiger partial charge in [0.15, 0.2) is 0 Å². The Labute approximate surface area is 266 Å². The van der Waals surface area contributed by atoms with Crippen molar-refractivity contribution in [3.63, 3.8) is 0 Å². The van der Waals surface area contributed by atoms with Crippen LogP contribution in [0.1, 0.15) is 63.5 Å². The van der Waals surface area contributed by atoms with Gasteiger partial charge in [-0.2, -0.15) is 0 Å². The van der Waals surface area contributed by atoms with E-state index in [-0.39, 0.29) is 29.8 Å². The van der Waals surface area contributed by atoms with Crippen molar-refractivity contribution in [3.8, 4) is 0 Å². The first kappa shape index (κ1) is 34.2. The Bertz CT molecular complexity index is 1770. The number of hydrogen-bond acceptors (Lipinski definition) is 8. The number of nitrogens with one attached hydrogen (secondary N) is 2. The van der Waals surface area contributed by atoms with E-state index in [1.165, 1.54) is 67.3 Å². The fourth-order valence-corrected chi connectivity index (χ4v) is 5.17. The molecule has 0 unspecified atom stereocenters. The molecule has 14 heteroatoms. The van der Waals surface area contributed by atoms with Crippen LogP contribution in [0.15, 0.2) is 79.0 Å². The van der Waals surface area contributed by atoms with Crippen LogP contribution in [-0.2, 0) is 23.0 Å². The lowest BCUT2D eigenvalue weighted by atomic mass is 10.00. The molecule has 4 atom stereocenters. The minimum absolute atomic E-state index is 0.0144. The molecule has 4 rings (SSSR count). The number of sulfonamides is 1. The largest absolute Gasteiger partial charge is 0.389 e. The van der Waals surface area contributed by atoms with Crippen molar-refractivity contribution < 1.29 is 32.6 Å². The fraction of sp³-hybridized carbons (Fsp3) is 0.312. The lowest BCUT2D eigenvalue weighted by molar-refractivity contribution is 0.0778. The average Bonchev–Trinajstić information content (AvgIpc) is 3.49. The van der Waals surface area contributed by atoms with Crippen molar-refractivity contribution >= 4 is 27.5 Å². The van der Waals surface area contributed by atoms with Crippen LogP contribution in [0.25, 0.3) is 0 Å². The average molecular weight is 653 g/mol. The number of carbonyl (C=O) groups excluding carboxylic acids is 2. The quantitative estimate of drug-likeness (QED) is 0.171. The van der Waals surface area contributed by atoms with Crippen LogP contribution in [0, 0.1) is 5.82 Å². The zero-order chi connectivity index (χ0) is 33.6. The highest BCUT2D eigenvalue weighted by Crippen LogP contribution is 2.23. The third-order valence-electron chi connectivity index (χ3n) is 7.46. The molecule has 12 nitrogen and oxygen atoms in total. The molecule has 2 amide bonds. The second-order valence-electron chi connectivity index (χ2n) is 11.1. The summed E-state index contributed by atoms with van der Waals surface area (Å²) in [6.45, 7) is 3.19. The molecule has 0 spiro atoms. The third kappa shape index (κ3) is 8.96. The maximum atomic E-state index is 13.7. The van der Waals surface area contributed by atoms with Crippen LogP contribution in [-0.4, -0.2) is 70.9 Å². The predicted molar refractivity (Wildman–Crippen MR) is 170 cm³/mol. The molecule has 0 aliphatic carbocycles. The number of nitrogens with zero attached hydrogens (tertiary/aromatic N) is 4. The number of halogens is 1. The lowest BCUT2D eigenvalue weighted by Crippen LogP contribution is -2.46. The molecule has 0 saturated carbocycles. The summed E-state index contributed by atoms with van der Waals surface area (Å²) in [6.07, 6.45) is 0.714. The first-order chi connectivity index (χ1) is 21.7. The van der Waals surface area contributed by atoms with Gasteiger partial charge in [-0.15, -0.1) is 5.10 Å². The van der Waals surface area contributed by atoms with E-state index in [1.807, 2.05) is 30.3 Å². The van der Waals surface area contributed by atoms with E-state index < -0.39 is 51.9 Å². The van der Waals surface area contributed by atoms with Crippen LogP contribution >= 0.6 is 0 Å². The highest BCUT2D eigenvalue weighted by molar-refractivity contribution is 7.92. The smallest absolute Gasteiger partial charge is 0.251 e. The molecule has 0 aliphatic heterocycles. The number of benzene rings is 3. The van der Waals surface area contributed by atoms with Gasteiger partial charge in [0.25, 0.3) is 11.8 Å². The van der Waals surface area contributed by atoms with E-state index in [2.05, 4.69) is 20.9 Å². The highest BCUT2D eigenvalue weighted by atomic mass is 32.2. The van der Waals surface area contributed by atoms with E-state index in [1.54, 1.807) is 6.92 Å². The minimum atomic E-state index is -3.77. The van der Waals surface area contributed by atoms with E-state index in [0.29, 0.717) is 11.3 Å². The molecular formula is C32H37FN6O6S. The summed E-state index contributed by atoms with van der Waals surface area (Å²) in [5.41, 5.74) is 1.86. The number of aliphatic hydroxyl groups is 2. The molecule has 1 heterocycles. The monoisotopic (exact) mass is 652 g/mol. The van der Waals surface area contributed by atoms with Gasteiger partial charge in [0, 0.05) is 18.2 Å². The number of amides is 2. The summed E-state index contributed by atoms with van der Waals surface area (Å²) in [5.74, 6) is -1.67. The zero-order valence-electron chi connectivity index (χ0n) is 25.8. The summed E-state index contributed by atoms with van der Waals surface area (Å²) in [6, 6.07) is 17.5. The van der Waals surface area contributed by atoms with Gasteiger partial charge >= 0.3 is 0 Å².